The Balaban J connectivity index is 0.000000209. The van der Waals surface area contributed by atoms with Crippen molar-refractivity contribution in [1.82, 2.24) is 16.0 Å². The summed E-state index contributed by atoms with van der Waals surface area (Å²) in [4.78, 5) is 24.9. The number of benzene rings is 8. The smallest absolute Gasteiger partial charge is 0.407 e. The molecule has 14 atom stereocenters. The first-order chi connectivity index (χ1) is 60.0. The van der Waals surface area contributed by atoms with E-state index in [9.17, 15) is 33.0 Å². The molecule has 0 spiro atoms. The van der Waals surface area contributed by atoms with Crippen LogP contribution in [0.15, 0.2) is 218 Å². The maximum absolute atomic E-state index is 12.7. The first kappa shape index (κ1) is 106. The van der Waals surface area contributed by atoms with Crippen molar-refractivity contribution >= 4 is 41.7 Å². The van der Waals surface area contributed by atoms with Crippen molar-refractivity contribution in [2.24, 2.45) is 41.2 Å². The molecule has 22 nitrogen and oxygen atoms in total. The van der Waals surface area contributed by atoms with Crippen LogP contribution in [0.2, 0.25) is 0 Å². The van der Waals surface area contributed by atoms with Gasteiger partial charge in [-0.25, -0.2) is 9.59 Å². The fourth-order valence-electron chi connectivity index (χ4n) is 14.7. The number of aryl methyl sites for hydroxylation is 4. The molecule has 8 aromatic rings. The van der Waals surface area contributed by atoms with Crippen LogP contribution >= 0.6 is 29.5 Å². The molecule has 26 heteroatoms. The number of hydrogen-bond acceptors (Lipinski definition) is 20. The molecule has 0 radical (unpaired) electrons. The molecule has 8 aromatic carbocycles. The van der Waals surface area contributed by atoms with Gasteiger partial charge in [0.15, 0.2) is 12.6 Å². The van der Waals surface area contributed by atoms with Crippen LogP contribution in [0.5, 0.6) is 0 Å². The third kappa shape index (κ3) is 42.5. The van der Waals surface area contributed by atoms with Gasteiger partial charge in [-0.05, 0) is 144 Å². The SMILES string of the molecule is CC(C)CP(C)(=O)OCc1ccccc1.CC(C)CP(C)(=O)OCc1ccccc1.CC(C)CP(C)(=O)OCc1ccccc1.CC(C)CP(C)(=O)OCc1ccccc1.Cc1ccc(CN)cc1C.Cc1ccc(CNCC(O)C(Cc2ccccc2)NC(=O)OC2COC3OCCC23)cc1C.O=C(NC(Cc1ccccc1)C1CO1)OC1COC2OCCC12. The van der Waals surface area contributed by atoms with E-state index in [2.05, 4.69) is 135 Å². The second kappa shape index (κ2) is 55.0. The number of aliphatic hydroxyl groups is 1. The van der Waals surface area contributed by atoms with Crippen molar-refractivity contribution in [2.75, 3.05) is 90.9 Å². The van der Waals surface area contributed by atoms with E-state index in [-0.39, 0.29) is 48.8 Å². The van der Waals surface area contributed by atoms with Crippen molar-refractivity contribution in [3.63, 3.8) is 0 Å². The molecule has 0 aromatic heterocycles. The van der Waals surface area contributed by atoms with Gasteiger partial charge in [-0.2, -0.15) is 0 Å². The van der Waals surface area contributed by atoms with Gasteiger partial charge in [0.05, 0.1) is 89.5 Å². The number of aliphatic hydroxyl groups excluding tert-OH is 1. The molecular weight excluding hydrogens is 1670 g/mol. The van der Waals surface area contributed by atoms with E-state index in [1.165, 1.54) is 33.4 Å². The molecule has 0 aliphatic carbocycles. The summed E-state index contributed by atoms with van der Waals surface area (Å²) in [6, 6.07) is 71.4. The molecule has 5 fully saturated rings. The second-order valence-corrected chi connectivity index (χ2v) is 45.9. The molecule has 5 saturated heterocycles. The Morgan fingerprint density at radius 3 is 1.05 bits per heavy atom. The highest BCUT2D eigenvalue weighted by Crippen LogP contribution is 2.48. The van der Waals surface area contributed by atoms with Gasteiger partial charge in [0, 0.05) is 70.9 Å². The largest absolute Gasteiger partial charge is 0.443 e. The summed E-state index contributed by atoms with van der Waals surface area (Å²) < 4.78 is 108. The maximum atomic E-state index is 12.7. The minimum atomic E-state index is -2.41. The lowest BCUT2D eigenvalue weighted by molar-refractivity contribution is -0.0909. The third-order valence-electron chi connectivity index (χ3n) is 21.2. The molecule has 2 amide bonds. The number of rotatable bonds is 35. The number of ether oxygens (including phenoxy) is 7. The van der Waals surface area contributed by atoms with E-state index in [1.54, 1.807) is 26.7 Å². The Kier molecular flexibility index (Phi) is 46.2. The fourth-order valence-corrected chi connectivity index (χ4v) is 22.1. The Hall–Kier alpha value is -7.26. The van der Waals surface area contributed by atoms with E-state index in [4.69, 9.17) is 57.0 Å². The van der Waals surface area contributed by atoms with Gasteiger partial charge < -0.3 is 78.0 Å². The number of fused-ring (bicyclic) bond motifs is 2. The Morgan fingerprint density at radius 1 is 0.405 bits per heavy atom. The van der Waals surface area contributed by atoms with Gasteiger partial charge in [0.25, 0.3) is 0 Å². The number of hydrogen-bond donors (Lipinski definition) is 5. The van der Waals surface area contributed by atoms with Gasteiger partial charge in [0.1, 0.15) is 18.3 Å². The van der Waals surface area contributed by atoms with Crippen LogP contribution in [0.4, 0.5) is 9.59 Å². The highest BCUT2D eigenvalue weighted by molar-refractivity contribution is 7.59. The molecule has 14 unspecified atom stereocenters. The minimum absolute atomic E-state index is 0.0668. The Labute approximate surface area is 752 Å². The number of carbonyl (C=O) groups excluding carboxylic acids is 2. The van der Waals surface area contributed by atoms with Crippen molar-refractivity contribution in [2.45, 2.75) is 197 Å². The summed E-state index contributed by atoms with van der Waals surface area (Å²) in [5.74, 6) is 1.89. The second-order valence-electron chi connectivity index (χ2n) is 35.3. The predicted octanol–water partition coefficient (Wildman–Crippen LogP) is 21.2. The number of nitrogens with two attached hydrogens (primary N) is 1. The van der Waals surface area contributed by atoms with E-state index in [0.29, 0.717) is 134 Å². The standard InChI is InChI=1S/C26H34N2O5.C17H21NO5.4C12H19O2P.C9H13N/c1-17-8-9-20(12-18(17)2)14-27-15-23(29)22(13-19-6-4-3-5-7-19)28-26(30)33-24-16-32-25-21(24)10-11-31-25;19-17(23-14-9-22-16-12(14)6-7-20-16)18-13(15-10-21-15)8-11-4-2-1-3-5-11;4*1-11(2)10-15(3,13)14-9-12-7-5-4-6-8-12;1-7-3-4-9(6-10)5-8(7)2/h3-9,12,21-25,27,29H,10-11,13-16H2,1-2H3,(H,28,30);1-5,12-16H,6-10H2,(H,18,19);4*4-8,11H,9-10H2,1-3H3;3-5H,6,10H2,1-2H3. The summed E-state index contributed by atoms with van der Waals surface area (Å²) in [7, 11) is -9.66. The van der Waals surface area contributed by atoms with Gasteiger partial charge in [-0.15, -0.1) is 0 Å². The molecule has 13 rings (SSSR count). The van der Waals surface area contributed by atoms with Crippen LogP contribution in [0, 0.1) is 63.2 Å². The zero-order valence-corrected chi connectivity index (χ0v) is 80.8. The van der Waals surface area contributed by atoms with Crippen LogP contribution in [-0.4, -0.2) is 157 Å². The van der Waals surface area contributed by atoms with Gasteiger partial charge in [-0.3, -0.25) is 18.3 Å². The molecule has 0 bridgehead atoms. The first-order valence-corrected chi connectivity index (χ1v) is 53.3. The van der Waals surface area contributed by atoms with E-state index >= 15 is 0 Å². The Morgan fingerprint density at radius 2 is 0.722 bits per heavy atom. The fraction of sp³-hybridized carbons (Fsp3) is 0.500. The van der Waals surface area contributed by atoms with Crippen LogP contribution < -0.4 is 21.7 Å². The topological polar surface area (TPSA) is 290 Å². The van der Waals surface area contributed by atoms with Crippen LogP contribution in [0.3, 0.4) is 0 Å². The van der Waals surface area contributed by atoms with Gasteiger partial charge >= 0.3 is 12.2 Å². The van der Waals surface area contributed by atoms with Crippen molar-refractivity contribution < 1.29 is 84.2 Å². The molecule has 6 N–H and O–H groups in total. The summed E-state index contributed by atoms with van der Waals surface area (Å²) >= 11 is 0. The Bertz CT molecular complexity index is 4340. The van der Waals surface area contributed by atoms with Crippen LogP contribution in [0.1, 0.15) is 135 Å². The van der Waals surface area contributed by atoms with Crippen molar-refractivity contribution in [3.8, 4) is 0 Å². The summed E-state index contributed by atoms with van der Waals surface area (Å²) in [6.45, 7) is 37.9. The summed E-state index contributed by atoms with van der Waals surface area (Å²) in [5, 5.41) is 20.1. The molecule has 692 valence electrons. The zero-order chi connectivity index (χ0) is 91.7. The molecular formula is C100H144N4O18P4. The lowest BCUT2D eigenvalue weighted by Crippen LogP contribution is -2.49. The molecule has 126 heavy (non-hydrogen) atoms. The molecule has 0 saturated carbocycles. The molecule has 5 aliphatic rings. The number of carbonyl (C=O) groups is 2. The monoisotopic (exact) mass is 1810 g/mol. The lowest BCUT2D eigenvalue weighted by Gasteiger charge is -2.26. The van der Waals surface area contributed by atoms with Crippen molar-refractivity contribution in [3.05, 3.63) is 285 Å². The highest BCUT2D eigenvalue weighted by Gasteiger charge is 2.46. The lowest BCUT2D eigenvalue weighted by atomic mass is 10.0. The van der Waals surface area contributed by atoms with Crippen LogP contribution in [0.25, 0.3) is 0 Å². The van der Waals surface area contributed by atoms with E-state index < -0.39 is 53.8 Å². The zero-order valence-electron chi connectivity index (χ0n) is 77.3. The third-order valence-corrected chi connectivity index (χ3v) is 29.5. The van der Waals surface area contributed by atoms with Gasteiger partial charge in [-0.1, -0.05) is 274 Å². The predicted molar refractivity (Wildman–Crippen MR) is 507 cm³/mol. The summed E-state index contributed by atoms with van der Waals surface area (Å²) in [6.07, 6.45) is 2.86. The quantitative estimate of drug-likeness (QED) is 0.0182. The number of nitrogens with one attached hydrogen (secondary N) is 3. The molecule has 5 heterocycles. The number of alkyl carbamates (subject to hydrolysis) is 2. The summed E-state index contributed by atoms with van der Waals surface area (Å²) in [5.41, 5.74) is 19.5. The average molecular weight is 1810 g/mol. The van der Waals surface area contributed by atoms with Crippen LogP contribution in [-0.2, 0) is 122 Å². The minimum Gasteiger partial charge on any atom is -0.443 e. The number of epoxide rings is 1. The first-order valence-electron chi connectivity index (χ1n) is 44.3. The number of amides is 2. The maximum Gasteiger partial charge on any atom is 0.407 e. The highest BCUT2D eigenvalue weighted by atomic mass is 31.2. The normalized spacial score (nSPS) is 20.3. The van der Waals surface area contributed by atoms with E-state index in [1.807, 2.05) is 182 Å². The average Bonchev–Trinajstić information content (AvgIpc) is 1.68. The van der Waals surface area contributed by atoms with E-state index in [0.717, 1.165) is 52.6 Å². The van der Waals surface area contributed by atoms with Gasteiger partial charge in [0.2, 0.25) is 29.5 Å². The van der Waals surface area contributed by atoms with Crippen molar-refractivity contribution in [1.29, 1.82) is 0 Å². The molecule has 5 aliphatic heterocycles.